The van der Waals surface area contributed by atoms with Crippen LogP contribution in [0.3, 0.4) is 0 Å². The Bertz CT molecular complexity index is 328. The Labute approximate surface area is 94.4 Å². The second-order valence-electron chi connectivity index (χ2n) is 4.19. The molecule has 2 atom stereocenters. The number of rotatable bonds is 5. The number of aromatic nitrogens is 3. The van der Waals surface area contributed by atoms with Crippen LogP contribution >= 0.6 is 0 Å². The molecule has 6 nitrogen and oxygen atoms in total. The lowest BCUT2D eigenvalue weighted by atomic mass is 10.2. The van der Waals surface area contributed by atoms with Crippen molar-refractivity contribution in [2.24, 2.45) is 5.73 Å². The zero-order chi connectivity index (χ0) is 11.4. The van der Waals surface area contributed by atoms with Gasteiger partial charge in [-0.2, -0.15) is 0 Å². The van der Waals surface area contributed by atoms with Crippen LogP contribution in [0.15, 0.2) is 6.20 Å². The van der Waals surface area contributed by atoms with Crippen molar-refractivity contribution in [1.82, 2.24) is 15.0 Å². The first-order chi connectivity index (χ1) is 7.79. The maximum Gasteiger partial charge on any atom is 0.108 e. The molecule has 90 valence electrons. The molecule has 0 radical (unpaired) electrons. The Hall–Kier alpha value is -0.980. The van der Waals surface area contributed by atoms with E-state index in [0.717, 1.165) is 25.0 Å². The summed E-state index contributed by atoms with van der Waals surface area (Å²) in [6.45, 7) is 0.770. The van der Waals surface area contributed by atoms with Gasteiger partial charge in [0.15, 0.2) is 0 Å². The maximum atomic E-state index is 8.57. The van der Waals surface area contributed by atoms with Gasteiger partial charge in [0.2, 0.25) is 0 Å². The Balaban J connectivity index is 1.87. The van der Waals surface area contributed by atoms with E-state index in [1.54, 1.807) is 0 Å². The highest BCUT2D eigenvalue weighted by atomic mass is 16.5. The van der Waals surface area contributed by atoms with Crippen LogP contribution in [0.1, 0.15) is 31.0 Å². The molecule has 1 aromatic rings. The fraction of sp³-hybridized carbons (Fsp3) is 0.800. The highest BCUT2D eigenvalue weighted by molar-refractivity contribution is 4.93. The van der Waals surface area contributed by atoms with Gasteiger partial charge in [-0.05, 0) is 19.3 Å². The largest absolute Gasteiger partial charge is 0.394 e. The lowest BCUT2D eigenvalue weighted by Crippen LogP contribution is -2.16. The van der Waals surface area contributed by atoms with E-state index < -0.39 is 0 Å². The van der Waals surface area contributed by atoms with E-state index in [2.05, 4.69) is 10.3 Å². The van der Waals surface area contributed by atoms with Gasteiger partial charge < -0.3 is 15.6 Å². The van der Waals surface area contributed by atoms with Crippen LogP contribution in [0, 0.1) is 0 Å². The number of aliphatic hydroxyl groups excluding tert-OH is 1. The van der Waals surface area contributed by atoms with Crippen LogP contribution in [0.4, 0.5) is 0 Å². The van der Waals surface area contributed by atoms with Crippen molar-refractivity contribution in [3.05, 3.63) is 11.9 Å². The molecular weight excluding hydrogens is 208 g/mol. The second kappa shape index (κ2) is 5.38. The Morgan fingerprint density at radius 3 is 3.12 bits per heavy atom. The number of nitrogens with two attached hydrogens (primary N) is 1. The van der Waals surface area contributed by atoms with Gasteiger partial charge in [0.05, 0.1) is 32.1 Å². The van der Waals surface area contributed by atoms with E-state index in [0.29, 0.717) is 25.3 Å². The summed E-state index contributed by atoms with van der Waals surface area (Å²) in [6, 6.07) is 0.678. The van der Waals surface area contributed by atoms with Crippen molar-refractivity contribution in [3.8, 4) is 0 Å². The van der Waals surface area contributed by atoms with Crippen LogP contribution in [-0.4, -0.2) is 39.4 Å². The molecule has 0 spiro atoms. The molecule has 1 heterocycles. The minimum Gasteiger partial charge on any atom is -0.394 e. The van der Waals surface area contributed by atoms with Crippen molar-refractivity contribution < 1.29 is 9.84 Å². The third-order valence-electron chi connectivity index (χ3n) is 2.86. The number of nitrogens with zero attached hydrogens (tertiary/aromatic N) is 3. The summed E-state index contributed by atoms with van der Waals surface area (Å²) >= 11 is 0. The minimum atomic E-state index is 0.0333. The Morgan fingerprint density at radius 2 is 2.44 bits per heavy atom. The molecule has 1 fully saturated rings. The molecule has 6 heteroatoms. The van der Waals surface area contributed by atoms with Gasteiger partial charge in [0, 0.05) is 6.04 Å². The van der Waals surface area contributed by atoms with Gasteiger partial charge in [-0.1, -0.05) is 5.21 Å². The molecule has 0 amide bonds. The average Bonchev–Trinajstić information content (AvgIpc) is 2.87. The van der Waals surface area contributed by atoms with Crippen LogP contribution in [-0.2, 0) is 11.3 Å². The lowest BCUT2D eigenvalue weighted by Gasteiger charge is -2.07. The fourth-order valence-corrected chi connectivity index (χ4v) is 2.03. The van der Waals surface area contributed by atoms with Crippen molar-refractivity contribution in [1.29, 1.82) is 0 Å². The lowest BCUT2D eigenvalue weighted by molar-refractivity contribution is 0.0796. The summed E-state index contributed by atoms with van der Waals surface area (Å²) in [4.78, 5) is 0. The van der Waals surface area contributed by atoms with Crippen LogP contribution in [0.5, 0.6) is 0 Å². The average molecular weight is 226 g/mol. The van der Waals surface area contributed by atoms with Crippen molar-refractivity contribution >= 4 is 0 Å². The molecule has 0 saturated heterocycles. The molecule has 1 aliphatic rings. The van der Waals surface area contributed by atoms with E-state index in [-0.39, 0.29) is 6.61 Å². The van der Waals surface area contributed by atoms with Crippen LogP contribution < -0.4 is 5.73 Å². The van der Waals surface area contributed by atoms with Gasteiger partial charge in [0.1, 0.15) is 5.69 Å². The van der Waals surface area contributed by atoms with E-state index in [1.165, 1.54) is 0 Å². The van der Waals surface area contributed by atoms with Gasteiger partial charge in [-0.3, -0.25) is 0 Å². The SMILES string of the molecule is N[C@@H]1CC[C@H](n2cc(COCCO)nn2)C1. The molecule has 0 bridgehead atoms. The normalized spacial score (nSPS) is 25.1. The Morgan fingerprint density at radius 1 is 1.56 bits per heavy atom. The monoisotopic (exact) mass is 226 g/mol. The molecule has 0 unspecified atom stereocenters. The standard InChI is InChI=1S/C10H18N4O2/c11-8-1-2-10(5-8)14-6-9(12-13-14)7-16-4-3-15/h6,8,10,15H,1-5,7,11H2/t8-,10+/m1/s1. The minimum absolute atomic E-state index is 0.0333. The molecule has 0 aliphatic heterocycles. The summed E-state index contributed by atoms with van der Waals surface area (Å²) in [6.07, 6.45) is 5.00. The van der Waals surface area contributed by atoms with Gasteiger partial charge in [-0.25, -0.2) is 4.68 Å². The third-order valence-corrected chi connectivity index (χ3v) is 2.86. The first-order valence-electron chi connectivity index (χ1n) is 5.64. The van der Waals surface area contributed by atoms with Crippen LogP contribution in [0.25, 0.3) is 0 Å². The smallest absolute Gasteiger partial charge is 0.108 e. The van der Waals surface area contributed by atoms with Crippen molar-refractivity contribution in [2.45, 2.75) is 38.0 Å². The molecule has 1 aliphatic carbocycles. The van der Waals surface area contributed by atoms with E-state index >= 15 is 0 Å². The second-order valence-corrected chi connectivity index (χ2v) is 4.19. The summed E-state index contributed by atoms with van der Waals surface area (Å²) in [5.74, 6) is 0. The summed E-state index contributed by atoms with van der Waals surface area (Å²) < 4.78 is 7.05. The highest BCUT2D eigenvalue weighted by Crippen LogP contribution is 2.27. The molecule has 3 N–H and O–H groups in total. The molecule has 1 aromatic heterocycles. The molecule has 16 heavy (non-hydrogen) atoms. The number of hydrogen-bond donors (Lipinski definition) is 2. The number of hydrogen-bond acceptors (Lipinski definition) is 5. The van der Waals surface area contributed by atoms with Crippen molar-refractivity contribution in [3.63, 3.8) is 0 Å². The van der Waals surface area contributed by atoms with E-state index in [4.69, 9.17) is 15.6 Å². The van der Waals surface area contributed by atoms with Crippen molar-refractivity contribution in [2.75, 3.05) is 13.2 Å². The summed E-state index contributed by atoms with van der Waals surface area (Å²) in [5, 5.41) is 16.7. The molecule has 1 saturated carbocycles. The summed E-state index contributed by atoms with van der Waals surface area (Å²) in [5.41, 5.74) is 6.65. The van der Waals surface area contributed by atoms with E-state index in [9.17, 15) is 0 Å². The fourth-order valence-electron chi connectivity index (χ4n) is 2.03. The predicted molar refractivity (Wildman–Crippen MR) is 57.6 cm³/mol. The zero-order valence-corrected chi connectivity index (χ0v) is 9.25. The number of aliphatic hydroxyl groups is 1. The summed E-state index contributed by atoms with van der Waals surface area (Å²) in [7, 11) is 0. The first-order valence-corrected chi connectivity index (χ1v) is 5.64. The van der Waals surface area contributed by atoms with Crippen LogP contribution in [0.2, 0.25) is 0 Å². The Kier molecular flexibility index (Phi) is 3.87. The molecular formula is C10H18N4O2. The van der Waals surface area contributed by atoms with E-state index in [1.807, 2.05) is 10.9 Å². The highest BCUT2D eigenvalue weighted by Gasteiger charge is 2.24. The van der Waals surface area contributed by atoms with Gasteiger partial charge in [0.25, 0.3) is 0 Å². The molecule has 0 aromatic carbocycles. The topological polar surface area (TPSA) is 86.2 Å². The molecule has 2 rings (SSSR count). The van der Waals surface area contributed by atoms with Gasteiger partial charge in [-0.15, -0.1) is 5.10 Å². The zero-order valence-electron chi connectivity index (χ0n) is 9.25. The quantitative estimate of drug-likeness (QED) is 0.681. The maximum absolute atomic E-state index is 8.57. The predicted octanol–water partition coefficient (Wildman–Crippen LogP) is -0.161. The number of ether oxygens (including phenoxy) is 1. The third kappa shape index (κ3) is 2.78. The first kappa shape index (κ1) is 11.5. The van der Waals surface area contributed by atoms with Gasteiger partial charge >= 0.3 is 0 Å².